The number of carbonyl (C=O) groups excluding carboxylic acids is 1. The van der Waals surface area contributed by atoms with Gasteiger partial charge in [0, 0.05) is 24.9 Å². The first-order valence-electron chi connectivity index (χ1n) is 9.27. The molecule has 7 heteroatoms. The van der Waals surface area contributed by atoms with Gasteiger partial charge in [-0.25, -0.2) is 4.98 Å². The molecule has 148 valence electrons. The number of ketones is 1. The van der Waals surface area contributed by atoms with Crippen molar-refractivity contribution in [1.29, 1.82) is 5.26 Å². The van der Waals surface area contributed by atoms with Crippen LogP contribution in [0.2, 0.25) is 0 Å². The lowest BCUT2D eigenvalue weighted by Gasteiger charge is -2.23. The molecular weight excluding hydrogens is 356 g/mol. The summed E-state index contributed by atoms with van der Waals surface area (Å²) >= 11 is 0. The van der Waals surface area contributed by atoms with Gasteiger partial charge in [0.05, 0.1) is 24.0 Å². The maximum absolute atomic E-state index is 11.9. The van der Waals surface area contributed by atoms with Crippen molar-refractivity contribution in [3.8, 4) is 6.07 Å². The smallest absolute Gasteiger partial charge is 0.321 e. The van der Waals surface area contributed by atoms with E-state index in [-0.39, 0.29) is 18.1 Å². The fraction of sp³-hybridized carbons (Fsp3) is 0.429. The van der Waals surface area contributed by atoms with Crippen molar-refractivity contribution in [2.75, 3.05) is 0 Å². The van der Waals surface area contributed by atoms with E-state index in [1.54, 1.807) is 24.7 Å². The van der Waals surface area contributed by atoms with Gasteiger partial charge in [0.25, 0.3) is 0 Å². The third kappa shape index (κ3) is 6.03. The van der Waals surface area contributed by atoms with Crippen LogP contribution in [0.3, 0.4) is 0 Å². The SMILES string of the molecule is CC(=O)C(CC(C)C)N[C@@H](Cc1cncn1Cc1ccc(C#N)cc1)C(=O)O. The second-order valence-electron chi connectivity index (χ2n) is 7.38. The number of hydrogen-bond donors (Lipinski definition) is 2. The Bertz CT molecular complexity index is 849. The Balaban J connectivity index is 2.13. The molecule has 7 nitrogen and oxygen atoms in total. The van der Waals surface area contributed by atoms with Gasteiger partial charge in [-0.05, 0) is 37.0 Å². The van der Waals surface area contributed by atoms with Crippen molar-refractivity contribution in [2.24, 2.45) is 5.92 Å². The van der Waals surface area contributed by atoms with E-state index >= 15 is 0 Å². The first-order valence-corrected chi connectivity index (χ1v) is 9.27. The number of Topliss-reactive ketones (excluding diaryl/α,β-unsaturated/α-hetero) is 1. The maximum atomic E-state index is 11.9. The molecule has 0 saturated heterocycles. The predicted octanol–water partition coefficient (Wildman–Crippen LogP) is 2.39. The number of carboxylic acids is 1. The number of nitriles is 1. The summed E-state index contributed by atoms with van der Waals surface area (Å²) in [5.74, 6) is -0.787. The Morgan fingerprint density at radius 3 is 2.46 bits per heavy atom. The lowest BCUT2D eigenvalue weighted by Crippen LogP contribution is -2.48. The van der Waals surface area contributed by atoms with E-state index in [4.69, 9.17) is 5.26 Å². The van der Waals surface area contributed by atoms with Gasteiger partial charge in [-0.3, -0.25) is 14.9 Å². The number of carboxylic acid groups (broad SMARTS) is 1. The Morgan fingerprint density at radius 2 is 1.93 bits per heavy atom. The zero-order valence-corrected chi connectivity index (χ0v) is 16.4. The van der Waals surface area contributed by atoms with E-state index in [1.165, 1.54) is 6.92 Å². The van der Waals surface area contributed by atoms with E-state index in [2.05, 4.69) is 16.4 Å². The minimum Gasteiger partial charge on any atom is -0.480 e. The fourth-order valence-corrected chi connectivity index (χ4v) is 3.03. The number of rotatable bonds is 10. The molecule has 0 aliphatic carbocycles. The van der Waals surface area contributed by atoms with Crippen molar-refractivity contribution < 1.29 is 14.7 Å². The van der Waals surface area contributed by atoms with E-state index in [0.29, 0.717) is 18.5 Å². The molecule has 0 bridgehead atoms. The van der Waals surface area contributed by atoms with Gasteiger partial charge in [0.2, 0.25) is 0 Å². The highest BCUT2D eigenvalue weighted by Gasteiger charge is 2.26. The highest BCUT2D eigenvalue weighted by molar-refractivity contribution is 5.83. The van der Waals surface area contributed by atoms with Crippen LogP contribution in [0.1, 0.15) is 44.0 Å². The summed E-state index contributed by atoms with van der Waals surface area (Å²) in [6, 6.07) is 7.93. The Hall–Kier alpha value is -2.98. The molecule has 2 aromatic rings. The van der Waals surface area contributed by atoms with Crippen LogP contribution in [0.4, 0.5) is 0 Å². The molecule has 1 aromatic carbocycles. The summed E-state index contributed by atoms with van der Waals surface area (Å²) in [4.78, 5) is 27.8. The molecule has 0 aliphatic rings. The summed E-state index contributed by atoms with van der Waals surface area (Å²) in [5, 5.41) is 21.5. The first kappa shape index (κ1) is 21.3. The topological polar surface area (TPSA) is 108 Å². The zero-order chi connectivity index (χ0) is 20.7. The molecule has 1 aromatic heterocycles. The Labute approximate surface area is 165 Å². The van der Waals surface area contributed by atoms with E-state index < -0.39 is 18.1 Å². The molecule has 0 fully saturated rings. The molecule has 1 unspecified atom stereocenters. The number of aliphatic carboxylic acids is 1. The number of benzene rings is 1. The highest BCUT2D eigenvalue weighted by atomic mass is 16.4. The lowest BCUT2D eigenvalue weighted by atomic mass is 9.99. The average Bonchev–Trinajstić information content (AvgIpc) is 3.07. The lowest BCUT2D eigenvalue weighted by molar-refractivity contribution is -0.139. The fourth-order valence-electron chi connectivity index (χ4n) is 3.03. The zero-order valence-electron chi connectivity index (χ0n) is 16.4. The second-order valence-corrected chi connectivity index (χ2v) is 7.38. The molecule has 28 heavy (non-hydrogen) atoms. The number of imidazole rings is 1. The molecule has 0 amide bonds. The molecule has 0 aliphatic heterocycles. The van der Waals surface area contributed by atoms with Crippen molar-refractivity contribution in [2.45, 2.75) is 52.2 Å². The van der Waals surface area contributed by atoms with Crippen molar-refractivity contribution >= 4 is 11.8 Å². The van der Waals surface area contributed by atoms with Crippen LogP contribution < -0.4 is 5.32 Å². The molecule has 2 atom stereocenters. The Morgan fingerprint density at radius 1 is 1.25 bits per heavy atom. The minimum atomic E-state index is -0.999. The third-order valence-corrected chi connectivity index (χ3v) is 4.55. The monoisotopic (exact) mass is 382 g/mol. The number of carbonyl (C=O) groups is 2. The van der Waals surface area contributed by atoms with Gasteiger partial charge in [-0.2, -0.15) is 5.26 Å². The van der Waals surface area contributed by atoms with Crippen molar-refractivity contribution in [1.82, 2.24) is 14.9 Å². The molecular formula is C21H26N4O3. The quantitative estimate of drug-likeness (QED) is 0.653. The number of hydrogen-bond acceptors (Lipinski definition) is 5. The third-order valence-electron chi connectivity index (χ3n) is 4.55. The van der Waals surface area contributed by atoms with Crippen LogP contribution in [0.15, 0.2) is 36.8 Å². The van der Waals surface area contributed by atoms with Crippen LogP contribution in [-0.2, 0) is 22.6 Å². The van der Waals surface area contributed by atoms with Gasteiger partial charge in [-0.15, -0.1) is 0 Å². The average molecular weight is 382 g/mol. The second kappa shape index (κ2) is 9.81. The molecule has 0 spiro atoms. The minimum absolute atomic E-state index is 0.0639. The maximum Gasteiger partial charge on any atom is 0.321 e. The van der Waals surface area contributed by atoms with E-state index in [1.807, 2.05) is 30.5 Å². The number of nitrogens with one attached hydrogen (secondary N) is 1. The number of aromatic nitrogens is 2. The van der Waals surface area contributed by atoms with Crippen molar-refractivity contribution in [3.05, 3.63) is 53.6 Å². The van der Waals surface area contributed by atoms with Gasteiger partial charge < -0.3 is 9.67 Å². The van der Waals surface area contributed by atoms with Crippen LogP contribution in [0.25, 0.3) is 0 Å². The standard InChI is InChI=1S/C21H26N4O3/c1-14(2)8-19(15(3)26)24-20(21(27)28)9-18-11-23-13-25(18)12-17-6-4-16(10-22)5-7-17/h4-7,11,13-14,19-20,24H,8-9,12H2,1-3H3,(H,27,28)/t19?,20-/m0/s1. The summed E-state index contributed by atoms with van der Waals surface area (Å²) in [6.07, 6.45) is 4.10. The van der Waals surface area contributed by atoms with Crippen LogP contribution in [0.5, 0.6) is 0 Å². The summed E-state index contributed by atoms with van der Waals surface area (Å²) < 4.78 is 1.88. The summed E-state index contributed by atoms with van der Waals surface area (Å²) in [7, 11) is 0. The van der Waals surface area contributed by atoms with Gasteiger partial charge >= 0.3 is 5.97 Å². The van der Waals surface area contributed by atoms with Crippen LogP contribution >= 0.6 is 0 Å². The molecule has 2 N–H and O–H groups in total. The van der Waals surface area contributed by atoms with Gasteiger partial charge in [0.15, 0.2) is 0 Å². The molecule has 2 rings (SSSR count). The normalized spacial score (nSPS) is 13.1. The number of nitrogens with zero attached hydrogens (tertiary/aromatic N) is 3. The predicted molar refractivity (Wildman–Crippen MR) is 105 cm³/mol. The first-order chi connectivity index (χ1) is 13.3. The van der Waals surface area contributed by atoms with Crippen molar-refractivity contribution in [3.63, 3.8) is 0 Å². The van der Waals surface area contributed by atoms with Crippen LogP contribution in [0, 0.1) is 17.2 Å². The molecule has 0 saturated carbocycles. The summed E-state index contributed by atoms with van der Waals surface area (Å²) in [5.41, 5.74) is 2.33. The van der Waals surface area contributed by atoms with Gasteiger partial charge in [0.1, 0.15) is 11.8 Å². The van der Waals surface area contributed by atoms with Gasteiger partial charge in [-0.1, -0.05) is 26.0 Å². The Kier molecular flexibility index (Phi) is 7.47. The molecule has 0 radical (unpaired) electrons. The highest BCUT2D eigenvalue weighted by Crippen LogP contribution is 2.12. The summed E-state index contributed by atoms with van der Waals surface area (Å²) in [6.45, 7) is 6.00. The van der Waals surface area contributed by atoms with E-state index in [9.17, 15) is 14.7 Å². The molecule has 1 heterocycles. The largest absolute Gasteiger partial charge is 0.480 e. The van der Waals surface area contributed by atoms with Crippen LogP contribution in [-0.4, -0.2) is 38.5 Å². The van der Waals surface area contributed by atoms with E-state index in [0.717, 1.165) is 11.3 Å².